The first kappa shape index (κ1) is 29.9. The van der Waals surface area contributed by atoms with Gasteiger partial charge in [-0.05, 0) is 43.5 Å². The average Bonchev–Trinajstić information content (AvgIpc) is 3.43. The summed E-state index contributed by atoms with van der Waals surface area (Å²) < 4.78 is 26.8. The summed E-state index contributed by atoms with van der Waals surface area (Å²) in [6.07, 6.45) is 0.600. The van der Waals surface area contributed by atoms with Gasteiger partial charge in [-0.15, -0.1) is 0 Å². The first-order valence-electron chi connectivity index (χ1n) is 13.3. The van der Waals surface area contributed by atoms with Gasteiger partial charge in [0.1, 0.15) is 11.5 Å². The van der Waals surface area contributed by atoms with Gasteiger partial charge in [-0.25, -0.2) is 4.79 Å². The summed E-state index contributed by atoms with van der Waals surface area (Å²) in [7, 11) is 5.68. The fourth-order valence-corrected chi connectivity index (χ4v) is 5.55. The number of H-pyrrole nitrogens is 1. The van der Waals surface area contributed by atoms with Gasteiger partial charge in [0.15, 0.2) is 11.5 Å². The molecule has 1 atom stereocenters. The van der Waals surface area contributed by atoms with E-state index in [9.17, 15) is 19.5 Å². The summed E-state index contributed by atoms with van der Waals surface area (Å²) in [6, 6.07) is 2.37. The fraction of sp³-hybridized carbons (Fsp3) is 0.483. The molecule has 0 bridgehead atoms. The number of methoxy groups -OCH3 is 4. The summed E-state index contributed by atoms with van der Waals surface area (Å²) in [5.74, 6) is -1.54. The molecule has 0 radical (unpaired) electrons. The van der Waals surface area contributed by atoms with Crippen molar-refractivity contribution in [2.75, 3.05) is 67.8 Å². The van der Waals surface area contributed by atoms with Crippen molar-refractivity contribution < 1.29 is 43.2 Å². The van der Waals surface area contributed by atoms with Crippen LogP contribution in [0.1, 0.15) is 45.3 Å². The van der Waals surface area contributed by atoms with E-state index in [1.54, 1.807) is 26.0 Å². The van der Waals surface area contributed by atoms with Gasteiger partial charge >= 0.3 is 5.97 Å². The molecule has 0 aliphatic carbocycles. The highest BCUT2D eigenvalue weighted by Gasteiger charge is 2.47. The molecule has 0 spiro atoms. The second kappa shape index (κ2) is 12.6. The number of aliphatic hydroxyl groups is 1. The maximum absolute atomic E-state index is 13.6. The number of likely N-dealkylation sites (tertiary alicyclic amines) is 1. The van der Waals surface area contributed by atoms with Crippen LogP contribution in [0, 0.1) is 13.8 Å². The molecule has 0 saturated carbocycles. The number of benzene rings is 1. The van der Waals surface area contributed by atoms with Crippen LogP contribution in [0.25, 0.3) is 5.76 Å². The summed E-state index contributed by atoms with van der Waals surface area (Å²) in [4.78, 5) is 46.1. The SMILES string of the molecule is COC(=O)c1[nH]c(C)c(C(O)=C2C(=O)C(=O)N(CCCN3CCOCC3)[C@H]2c2cc(OC)c(OC)c(OC)c2)c1C. The standard InChI is InChI=1S/C29H37N3O9/c1-16-21(17(2)30-23(16)29(36)40-6)25(33)22-24(18-14-19(37-3)27(39-5)20(15-18)38-4)32(28(35)26(22)34)9-7-8-31-10-12-41-13-11-31/h14-15,24,30,33H,7-13H2,1-6H3/t24-/m0/s1. The highest BCUT2D eigenvalue weighted by molar-refractivity contribution is 6.46. The topological polar surface area (TPSA) is 140 Å². The number of nitrogens with one attached hydrogen (secondary N) is 1. The molecule has 1 aromatic carbocycles. The molecule has 2 aliphatic rings. The maximum Gasteiger partial charge on any atom is 0.354 e. The van der Waals surface area contributed by atoms with Crippen molar-refractivity contribution in [1.82, 2.24) is 14.8 Å². The number of rotatable bonds is 10. The number of hydrogen-bond donors (Lipinski definition) is 2. The molecule has 2 fully saturated rings. The number of aromatic nitrogens is 1. The van der Waals surface area contributed by atoms with Crippen molar-refractivity contribution in [2.45, 2.75) is 26.3 Å². The minimum Gasteiger partial charge on any atom is -0.507 e. The predicted molar refractivity (Wildman–Crippen MR) is 149 cm³/mol. The zero-order valence-corrected chi connectivity index (χ0v) is 24.3. The molecule has 41 heavy (non-hydrogen) atoms. The molecular formula is C29H37N3O9. The Morgan fingerprint density at radius 1 is 1.02 bits per heavy atom. The first-order valence-corrected chi connectivity index (χ1v) is 13.3. The van der Waals surface area contributed by atoms with Gasteiger partial charge in [-0.3, -0.25) is 14.5 Å². The Morgan fingerprint density at radius 2 is 1.66 bits per heavy atom. The van der Waals surface area contributed by atoms with Crippen LogP contribution < -0.4 is 14.2 Å². The molecule has 2 saturated heterocycles. The molecule has 2 N–H and O–H groups in total. The summed E-state index contributed by atoms with van der Waals surface area (Å²) >= 11 is 0. The van der Waals surface area contributed by atoms with Crippen molar-refractivity contribution in [3.8, 4) is 17.2 Å². The number of aromatic amines is 1. The number of Topliss-reactive ketones (excluding diaryl/α,β-unsaturated/α-hetero) is 1. The number of nitrogens with zero attached hydrogens (tertiary/aromatic N) is 2. The van der Waals surface area contributed by atoms with Gasteiger partial charge in [0, 0.05) is 37.4 Å². The molecule has 12 nitrogen and oxygen atoms in total. The Balaban J connectivity index is 1.85. The molecule has 3 heterocycles. The second-order valence-corrected chi connectivity index (χ2v) is 9.88. The predicted octanol–water partition coefficient (Wildman–Crippen LogP) is 2.59. The quantitative estimate of drug-likeness (QED) is 0.189. The number of amides is 1. The Kier molecular flexibility index (Phi) is 9.24. The van der Waals surface area contributed by atoms with Crippen LogP contribution >= 0.6 is 0 Å². The Labute approximate surface area is 238 Å². The van der Waals surface area contributed by atoms with Gasteiger partial charge in [-0.1, -0.05) is 0 Å². The lowest BCUT2D eigenvalue weighted by Gasteiger charge is -2.29. The van der Waals surface area contributed by atoms with E-state index in [1.807, 2.05) is 0 Å². The van der Waals surface area contributed by atoms with Crippen LogP contribution in [0.3, 0.4) is 0 Å². The number of hydrogen-bond acceptors (Lipinski definition) is 10. The highest BCUT2D eigenvalue weighted by Crippen LogP contribution is 2.46. The first-order chi connectivity index (χ1) is 19.7. The van der Waals surface area contributed by atoms with Crippen LogP contribution in [0.2, 0.25) is 0 Å². The normalized spacial score (nSPS) is 19.0. The van der Waals surface area contributed by atoms with Gasteiger partial charge in [-0.2, -0.15) is 0 Å². The van der Waals surface area contributed by atoms with Crippen molar-refractivity contribution >= 4 is 23.4 Å². The van der Waals surface area contributed by atoms with Crippen molar-refractivity contribution in [3.05, 3.63) is 45.8 Å². The van der Waals surface area contributed by atoms with Gasteiger partial charge in [0.05, 0.1) is 53.3 Å². The number of ether oxygens (including phenoxy) is 5. The van der Waals surface area contributed by atoms with E-state index in [0.29, 0.717) is 60.2 Å². The average molecular weight is 572 g/mol. The molecule has 1 aromatic heterocycles. The lowest BCUT2D eigenvalue weighted by molar-refractivity contribution is -0.140. The Hall–Kier alpha value is -4.03. The van der Waals surface area contributed by atoms with Crippen LogP contribution in [0.5, 0.6) is 17.2 Å². The molecule has 0 unspecified atom stereocenters. The lowest BCUT2D eigenvalue weighted by atomic mass is 9.93. The molecule has 12 heteroatoms. The van der Waals surface area contributed by atoms with E-state index in [2.05, 4.69) is 9.88 Å². The van der Waals surface area contributed by atoms with Gasteiger partial charge in [0.25, 0.3) is 11.7 Å². The molecule has 1 amide bonds. The van der Waals surface area contributed by atoms with E-state index in [4.69, 9.17) is 23.7 Å². The number of aliphatic hydroxyl groups excluding tert-OH is 1. The molecule has 222 valence electrons. The molecular weight excluding hydrogens is 534 g/mol. The molecule has 4 rings (SSSR count). The second-order valence-electron chi connectivity index (χ2n) is 9.88. The largest absolute Gasteiger partial charge is 0.507 e. The minimum atomic E-state index is -0.955. The summed E-state index contributed by atoms with van der Waals surface area (Å²) in [5, 5.41) is 11.7. The van der Waals surface area contributed by atoms with Crippen LogP contribution in [-0.4, -0.2) is 105 Å². The van der Waals surface area contributed by atoms with Gasteiger partial charge in [0.2, 0.25) is 5.75 Å². The number of aryl methyl sites for hydroxylation is 1. The van der Waals surface area contributed by atoms with Crippen molar-refractivity contribution in [2.24, 2.45) is 0 Å². The van der Waals surface area contributed by atoms with Crippen LogP contribution in [0.15, 0.2) is 17.7 Å². The van der Waals surface area contributed by atoms with E-state index in [1.165, 1.54) is 33.3 Å². The van der Waals surface area contributed by atoms with Crippen molar-refractivity contribution in [3.63, 3.8) is 0 Å². The molecule has 2 aromatic rings. The minimum absolute atomic E-state index is 0.0998. The smallest absolute Gasteiger partial charge is 0.354 e. The number of morpholine rings is 1. The van der Waals surface area contributed by atoms with E-state index < -0.39 is 23.7 Å². The van der Waals surface area contributed by atoms with E-state index in [0.717, 1.165) is 13.1 Å². The third kappa shape index (κ3) is 5.62. The third-order valence-corrected chi connectivity index (χ3v) is 7.58. The van der Waals surface area contributed by atoms with E-state index in [-0.39, 0.29) is 29.1 Å². The zero-order chi connectivity index (χ0) is 29.8. The Bertz CT molecular complexity index is 1330. The number of carbonyl (C=O) groups excluding carboxylic acids is 3. The maximum atomic E-state index is 13.6. The van der Waals surface area contributed by atoms with Crippen LogP contribution in [-0.2, 0) is 19.1 Å². The monoisotopic (exact) mass is 571 g/mol. The number of carbonyl (C=O) groups is 3. The number of ketones is 1. The van der Waals surface area contributed by atoms with Gasteiger partial charge < -0.3 is 38.7 Å². The number of esters is 1. The lowest BCUT2D eigenvalue weighted by Crippen LogP contribution is -2.39. The molecule has 2 aliphatic heterocycles. The zero-order valence-electron chi connectivity index (χ0n) is 24.3. The fourth-order valence-electron chi connectivity index (χ4n) is 5.55. The Morgan fingerprint density at radius 3 is 2.22 bits per heavy atom. The van der Waals surface area contributed by atoms with Crippen LogP contribution in [0.4, 0.5) is 0 Å². The summed E-state index contributed by atoms with van der Waals surface area (Å²) in [5.41, 5.74) is 1.64. The van der Waals surface area contributed by atoms with Crippen molar-refractivity contribution in [1.29, 1.82) is 0 Å². The summed E-state index contributed by atoms with van der Waals surface area (Å²) in [6.45, 7) is 7.18. The van der Waals surface area contributed by atoms with E-state index >= 15 is 0 Å². The highest BCUT2D eigenvalue weighted by atomic mass is 16.5. The third-order valence-electron chi connectivity index (χ3n) is 7.58.